The molecule has 0 bridgehead atoms. The standard InChI is InChI=1S/C23H31Cl2N3O3/c1-3-5-7-8-9-10-14-28-22(30)18(21(29)27(23(28)31)13-6-4-2)16-26-20-15-17(24)11-12-19(20)25/h11-12,15-16,18H,3-10,13-14H2,1-2H3. The molecule has 1 fully saturated rings. The van der Waals surface area contributed by atoms with Gasteiger partial charge in [0.15, 0.2) is 5.92 Å². The highest BCUT2D eigenvalue weighted by Gasteiger charge is 2.44. The van der Waals surface area contributed by atoms with Crippen molar-refractivity contribution in [2.45, 2.75) is 65.2 Å². The van der Waals surface area contributed by atoms with Crippen LogP contribution in [0.4, 0.5) is 10.5 Å². The van der Waals surface area contributed by atoms with Crippen molar-refractivity contribution < 1.29 is 14.4 Å². The summed E-state index contributed by atoms with van der Waals surface area (Å²) in [6.45, 7) is 4.74. The Hall–Kier alpha value is -1.92. The van der Waals surface area contributed by atoms with Gasteiger partial charge >= 0.3 is 6.03 Å². The number of rotatable bonds is 12. The van der Waals surface area contributed by atoms with Crippen LogP contribution in [0, 0.1) is 5.92 Å². The Balaban J connectivity index is 2.17. The summed E-state index contributed by atoms with van der Waals surface area (Å²) in [5.41, 5.74) is 0.370. The predicted molar refractivity (Wildman–Crippen MR) is 125 cm³/mol. The number of nitrogens with zero attached hydrogens (tertiary/aromatic N) is 3. The maximum Gasteiger partial charge on any atom is 0.333 e. The van der Waals surface area contributed by atoms with Crippen molar-refractivity contribution in [2.75, 3.05) is 13.1 Å². The first-order chi connectivity index (χ1) is 14.9. The van der Waals surface area contributed by atoms with Gasteiger partial charge in [-0.05, 0) is 31.0 Å². The van der Waals surface area contributed by atoms with Crippen LogP contribution in [-0.4, -0.2) is 46.9 Å². The van der Waals surface area contributed by atoms with E-state index in [0.717, 1.165) is 38.5 Å². The first kappa shape index (κ1) is 25.3. The normalized spacial score (nSPS) is 17.3. The Kier molecular flexibility index (Phi) is 10.5. The fraction of sp³-hybridized carbons (Fsp3) is 0.565. The van der Waals surface area contributed by atoms with E-state index in [1.807, 2.05) is 6.92 Å². The molecule has 1 aromatic carbocycles. The molecule has 1 atom stereocenters. The van der Waals surface area contributed by atoms with E-state index in [1.54, 1.807) is 18.2 Å². The van der Waals surface area contributed by atoms with Crippen molar-refractivity contribution in [3.8, 4) is 0 Å². The monoisotopic (exact) mass is 467 g/mol. The Morgan fingerprint density at radius 2 is 1.45 bits per heavy atom. The van der Waals surface area contributed by atoms with Crippen molar-refractivity contribution >= 4 is 52.9 Å². The number of urea groups is 1. The number of halogens is 2. The average Bonchev–Trinajstić information content (AvgIpc) is 2.74. The van der Waals surface area contributed by atoms with Gasteiger partial charge in [0.05, 0.1) is 10.7 Å². The van der Waals surface area contributed by atoms with E-state index in [4.69, 9.17) is 23.2 Å². The van der Waals surface area contributed by atoms with E-state index in [1.165, 1.54) is 22.4 Å². The Morgan fingerprint density at radius 3 is 2.10 bits per heavy atom. The third-order valence-electron chi connectivity index (χ3n) is 5.27. The second-order valence-electron chi connectivity index (χ2n) is 7.74. The molecule has 6 nitrogen and oxygen atoms in total. The zero-order chi connectivity index (χ0) is 22.8. The topological polar surface area (TPSA) is 70.1 Å². The van der Waals surface area contributed by atoms with Gasteiger partial charge < -0.3 is 0 Å². The first-order valence-electron chi connectivity index (χ1n) is 11.1. The van der Waals surface area contributed by atoms with E-state index in [9.17, 15) is 14.4 Å². The second-order valence-corrected chi connectivity index (χ2v) is 8.58. The number of hydrogen-bond donors (Lipinski definition) is 0. The van der Waals surface area contributed by atoms with Gasteiger partial charge in [0.25, 0.3) is 0 Å². The molecule has 1 aromatic rings. The van der Waals surface area contributed by atoms with Gasteiger partial charge in [-0.25, -0.2) is 4.79 Å². The van der Waals surface area contributed by atoms with Crippen LogP contribution in [0.2, 0.25) is 10.0 Å². The lowest BCUT2D eigenvalue weighted by Gasteiger charge is -2.35. The molecule has 2 rings (SSSR count). The first-order valence-corrected chi connectivity index (χ1v) is 11.8. The van der Waals surface area contributed by atoms with Crippen molar-refractivity contribution in [1.82, 2.24) is 9.80 Å². The van der Waals surface area contributed by atoms with Crippen LogP contribution < -0.4 is 0 Å². The van der Waals surface area contributed by atoms with E-state index >= 15 is 0 Å². The summed E-state index contributed by atoms with van der Waals surface area (Å²) in [5, 5.41) is 0.807. The summed E-state index contributed by atoms with van der Waals surface area (Å²) in [6.07, 6.45) is 9.02. The molecule has 1 aliphatic rings. The van der Waals surface area contributed by atoms with Gasteiger partial charge in [0.1, 0.15) is 0 Å². The van der Waals surface area contributed by atoms with Crippen LogP contribution >= 0.6 is 23.2 Å². The molecule has 0 radical (unpaired) electrons. The predicted octanol–water partition coefficient (Wildman–Crippen LogP) is 6.26. The van der Waals surface area contributed by atoms with Crippen LogP contribution in [0.15, 0.2) is 23.2 Å². The summed E-state index contributed by atoms with van der Waals surface area (Å²) in [4.78, 5) is 45.4. The molecule has 1 unspecified atom stereocenters. The fourth-order valence-electron chi connectivity index (χ4n) is 3.42. The highest BCUT2D eigenvalue weighted by atomic mass is 35.5. The molecule has 4 amide bonds. The van der Waals surface area contributed by atoms with Crippen LogP contribution in [0.1, 0.15) is 65.2 Å². The Labute approximate surface area is 194 Å². The maximum absolute atomic E-state index is 13.0. The molecule has 0 aliphatic carbocycles. The summed E-state index contributed by atoms with van der Waals surface area (Å²) in [5.74, 6) is -2.22. The van der Waals surface area contributed by atoms with Crippen molar-refractivity contribution in [3.63, 3.8) is 0 Å². The number of carbonyl (C=O) groups is 3. The average molecular weight is 468 g/mol. The molecule has 0 spiro atoms. The largest absolute Gasteiger partial charge is 0.333 e. The number of benzene rings is 1. The minimum absolute atomic E-state index is 0.288. The highest BCUT2D eigenvalue weighted by Crippen LogP contribution is 2.28. The van der Waals surface area contributed by atoms with Crippen LogP contribution in [0.5, 0.6) is 0 Å². The number of aliphatic imine (C=N–C) groups is 1. The summed E-state index contributed by atoms with van der Waals surface area (Å²) in [7, 11) is 0. The summed E-state index contributed by atoms with van der Waals surface area (Å²) >= 11 is 12.1. The molecule has 0 N–H and O–H groups in total. The van der Waals surface area contributed by atoms with E-state index in [-0.39, 0.29) is 6.54 Å². The van der Waals surface area contributed by atoms with Crippen molar-refractivity contribution in [1.29, 1.82) is 0 Å². The van der Waals surface area contributed by atoms with E-state index < -0.39 is 23.8 Å². The fourth-order valence-corrected chi connectivity index (χ4v) is 3.75. The SMILES string of the molecule is CCCCCCCCN1C(=O)C(C=Nc2cc(Cl)ccc2Cl)C(=O)N(CCCC)C1=O. The number of hydrogen-bond acceptors (Lipinski definition) is 4. The van der Waals surface area contributed by atoms with Crippen molar-refractivity contribution in [2.24, 2.45) is 10.9 Å². The zero-order valence-electron chi connectivity index (χ0n) is 18.3. The lowest BCUT2D eigenvalue weighted by Crippen LogP contribution is -2.60. The summed E-state index contributed by atoms with van der Waals surface area (Å²) < 4.78 is 0. The zero-order valence-corrected chi connectivity index (χ0v) is 19.8. The summed E-state index contributed by atoms with van der Waals surface area (Å²) in [6, 6.07) is 4.27. The number of imide groups is 2. The number of amides is 4. The maximum atomic E-state index is 13.0. The third kappa shape index (κ3) is 7.04. The van der Waals surface area contributed by atoms with Crippen LogP contribution in [0.3, 0.4) is 0 Å². The van der Waals surface area contributed by atoms with E-state index in [2.05, 4.69) is 11.9 Å². The Morgan fingerprint density at radius 1 is 0.871 bits per heavy atom. The smallest absolute Gasteiger partial charge is 0.273 e. The van der Waals surface area contributed by atoms with Crippen LogP contribution in [0.25, 0.3) is 0 Å². The lowest BCUT2D eigenvalue weighted by molar-refractivity contribution is -0.145. The van der Waals surface area contributed by atoms with Gasteiger partial charge in [-0.2, -0.15) is 0 Å². The molecule has 1 saturated heterocycles. The number of unbranched alkanes of at least 4 members (excludes halogenated alkanes) is 6. The highest BCUT2D eigenvalue weighted by molar-refractivity contribution is 6.35. The molecule has 31 heavy (non-hydrogen) atoms. The second kappa shape index (κ2) is 12.8. The molecule has 1 aliphatic heterocycles. The molecular formula is C23H31Cl2N3O3. The Bertz CT molecular complexity index is 813. The number of barbiturate groups is 1. The lowest BCUT2D eigenvalue weighted by atomic mass is 10.0. The molecular weight excluding hydrogens is 437 g/mol. The quantitative estimate of drug-likeness (QED) is 0.206. The molecule has 8 heteroatoms. The molecule has 170 valence electrons. The van der Waals surface area contributed by atoms with E-state index in [0.29, 0.717) is 28.7 Å². The van der Waals surface area contributed by atoms with Gasteiger partial charge in [-0.15, -0.1) is 0 Å². The van der Waals surface area contributed by atoms with Gasteiger partial charge in [-0.3, -0.25) is 24.4 Å². The number of carbonyl (C=O) groups excluding carboxylic acids is 3. The van der Waals surface area contributed by atoms with Crippen LogP contribution in [-0.2, 0) is 9.59 Å². The minimum Gasteiger partial charge on any atom is -0.273 e. The molecule has 1 heterocycles. The molecule has 0 aromatic heterocycles. The van der Waals surface area contributed by atoms with Crippen molar-refractivity contribution in [3.05, 3.63) is 28.2 Å². The van der Waals surface area contributed by atoms with Gasteiger partial charge in [0.2, 0.25) is 11.8 Å². The van der Waals surface area contributed by atoms with Gasteiger partial charge in [0, 0.05) is 24.3 Å². The molecule has 0 saturated carbocycles. The minimum atomic E-state index is -1.15. The third-order valence-corrected chi connectivity index (χ3v) is 5.82. The van der Waals surface area contributed by atoms with Gasteiger partial charge in [-0.1, -0.05) is 75.6 Å².